The zero-order valence-electron chi connectivity index (χ0n) is 8.23. The Morgan fingerprint density at radius 3 is 2.67 bits per heavy atom. The van der Waals surface area contributed by atoms with Crippen LogP contribution in [0.5, 0.6) is 0 Å². The molecule has 0 radical (unpaired) electrons. The van der Waals surface area contributed by atoms with E-state index in [9.17, 15) is 13.2 Å². The third kappa shape index (κ3) is 4.36. The third-order valence-corrected chi connectivity index (χ3v) is 3.58. The summed E-state index contributed by atoms with van der Waals surface area (Å²) in [6.45, 7) is 0.958. The van der Waals surface area contributed by atoms with Crippen molar-refractivity contribution in [3.63, 3.8) is 0 Å². The molecule has 0 aliphatic carbocycles. The highest BCUT2D eigenvalue weighted by Crippen LogP contribution is 2.18. The normalized spacial score (nSPS) is 22.4. The number of hydrogen-bond acceptors (Lipinski definition) is 3. The average molecular weight is 256 g/mol. The summed E-state index contributed by atoms with van der Waals surface area (Å²) in [6, 6.07) is 0. The molecule has 1 saturated heterocycles. The molecular formula is C8H14ClNO4S. The molecule has 15 heavy (non-hydrogen) atoms. The first-order valence-electron chi connectivity index (χ1n) is 4.71. The molecule has 0 spiro atoms. The molecule has 5 nitrogen and oxygen atoms in total. The molecule has 1 amide bonds. The summed E-state index contributed by atoms with van der Waals surface area (Å²) in [4.78, 5) is 12.9. The van der Waals surface area contributed by atoms with Gasteiger partial charge in [0, 0.05) is 25.4 Å². The van der Waals surface area contributed by atoms with Crippen LogP contribution >= 0.6 is 11.6 Å². The number of nitrogens with zero attached hydrogens (tertiary/aromatic N) is 1. The van der Waals surface area contributed by atoms with E-state index in [0.29, 0.717) is 25.4 Å². The van der Waals surface area contributed by atoms with E-state index in [1.54, 1.807) is 4.90 Å². The summed E-state index contributed by atoms with van der Waals surface area (Å²) in [5.41, 5.74) is 0. The lowest BCUT2D eigenvalue weighted by Gasteiger charge is -2.15. The van der Waals surface area contributed by atoms with Crippen molar-refractivity contribution in [2.24, 2.45) is 5.92 Å². The van der Waals surface area contributed by atoms with Crippen LogP contribution in [-0.2, 0) is 14.9 Å². The third-order valence-electron chi connectivity index (χ3n) is 2.34. The first kappa shape index (κ1) is 12.7. The number of carbonyl (C=O) groups excluding carboxylic acids is 1. The molecule has 1 rings (SSSR count). The van der Waals surface area contributed by atoms with E-state index >= 15 is 0 Å². The number of alkyl halides is 1. The summed E-state index contributed by atoms with van der Waals surface area (Å²) in [5, 5.41) is 0. The molecule has 0 aromatic heterocycles. The topological polar surface area (TPSA) is 74.7 Å². The van der Waals surface area contributed by atoms with E-state index in [1.165, 1.54) is 0 Å². The molecule has 7 heteroatoms. The highest BCUT2D eigenvalue weighted by atomic mass is 35.5. The fourth-order valence-corrected chi connectivity index (χ4v) is 2.31. The second-order valence-corrected chi connectivity index (χ2v) is 5.58. The molecule has 1 aliphatic heterocycles. The van der Waals surface area contributed by atoms with Crippen molar-refractivity contribution in [3.05, 3.63) is 0 Å². The van der Waals surface area contributed by atoms with Gasteiger partial charge >= 0.3 is 0 Å². The number of carbonyl (C=O) groups is 1. The van der Waals surface area contributed by atoms with Crippen LogP contribution in [0.4, 0.5) is 0 Å². The van der Waals surface area contributed by atoms with Gasteiger partial charge in [-0.1, -0.05) is 0 Å². The minimum atomic E-state index is -3.92. The van der Waals surface area contributed by atoms with Gasteiger partial charge in [0.05, 0.1) is 5.75 Å². The Bertz CT molecular complexity index is 330. The predicted octanol–water partition coefficient (Wildman–Crippen LogP) is 0.352. The van der Waals surface area contributed by atoms with Crippen LogP contribution in [0.25, 0.3) is 0 Å². The lowest BCUT2D eigenvalue weighted by atomic mass is 10.1. The van der Waals surface area contributed by atoms with Crippen molar-refractivity contribution in [2.45, 2.75) is 12.8 Å². The van der Waals surface area contributed by atoms with E-state index in [0.717, 1.165) is 0 Å². The Hall–Kier alpha value is -0.330. The number of hydrogen-bond donors (Lipinski definition) is 1. The van der Waals surface area contributed by atoms with Crippen molar-refractivity contribution in [1.29, 1.82) is 0 Å². The average Bonchev–Trinajstić information content (AvgIpc) is 2.45. The van der Waals surface area contributed by atoms with Gasteiger partial charge in [-0.05, 0) is 12.3 Å². The number of rotatable bonds is 5. The van der Waals surface area contributed by atoms with Gasteiger partial charge in [0.25, 0.3) is 10.1 Å². The second kappa shape index (κ2) is 5.14. The van der Waals surface area contributed by atoms with Gasteiger partial charge in [-0.15, -0.1) is 11.6 Å². The molecule has 1 heterocycles. The quantitative estimate of drug-likeness (QED) is 0.568. The van der Waals surface area contributed by atoms with Crippen LogP contribution in [0.2, 0.25) is 0 Å². The largest absolute Gasteiger partial charge is 0.342 e. The fraction of sp³-hybridized carbons (Fsp3) is 0.875. The molecule has 0 aromatic rings. The lowest BCUT2D eigenvalue weighted by Crippen LogP contribution is -2.27. The Morgan fingerprint density at radius 2 is 2.20 bits per heavy atom. The highest BCUT2D eigenvalue weighted by molar-refractivity contribution is 7.85. The van der Waals surface area contributed by atoms with Crippen LogP contribution in [0.1, 0.15) is 12.8 Å². The maximum atomic E-state index is 11.4. The van der Waals surface area contributed by atoms with Crippen LogP contribution in [0, 0.1) is 5.92 Å². The molecule has 1 atom stereocenters. The van der Waals surface area contributed by atoms with Crippen molar-refractivity contribution >= 4 is 27.6 Å². The van der Waals surface area contributed by atoms with Crippen molar-refractivity contribution in [2.75, 3.05) is 24.7 Å². The minimum absolute atomic E-state index is 0.0102. The highest BCUT2D eigenvalue weighted by Gasteiger charge is 2.28. The number of likely N-dealkylation sites (tertiary alicyclic amines) is 1. The predicted molar refractivity (Wildman–Crippen MR) is 56.4 cm³/mol. The van der Waals surface area contributed by atoms with Gasteiger partial charge in [-0.3, -0.25) is 9.35 Å². The van der Waals surface area contributed by atoms with Gasteiger partial charge in [0.15, 0.2) is 0 Å². The number of halogens is 1. The van der Waals surface area contributed by atoms with Crippen molar-refractivity contribution in [3.8, 4) is 0 Å². The number of amides is 1. The summed E-state index contributed by atoms with van der Waals surface area (Å²) >= 11 is 5.63. The SMILES string of the molecule is O=C1CC(CCl)CN1CCCS(=O)(=O)O. The molecule has 1 fully saturated rings. The molecule has 1 unspecified atom stereocenters. The summed E-state index contributed by atoms with van der Waals surface area (Å²) in [5.74, 6) is 0.323. The molecule has 0 aromatic carbocycles. The molecule has 0 saturated carbocycles. The van der Waals surface area contributed by atoms with E-state index in [1.807, 2.05) is 0 Å². The molecule has 1 N–H and O–H groups in total. The Kier molecular flexibility index (Phi) is 4.36. The molecule has 1 aliphatic rings. The monoisotopic (exact) mass is 255 g/mol. The maximum Gasteiger partial charge on any atom is 0.264 e. The van der Waals surface area contributed by atoms with E-state index < -0.39 is 10.1 Å². The van der Waals surface area contributed by atoms with E-state index in [2.05, 4.69) is 0 Å². The van der Waals surface area contributed by atoms with Gasteiger partial charge in [-0.25, -0.2) is 0 Å². The zero-order chi connectivity index (χ0) is 11.5. The maximum absolute atomic E-state index is 11.4. The summed E-state index contributed by atoms with van der Waals surface area (Å²) in [7, 11) is -3.92. The lowest BCUT2D eigenvalue weighted by molar-refractivity contribution is -0.127. The fourth-order valence-electron chi connectivity index (χ4n) is 1.61. The first-order chi connectivity index (χ1) is 6.92. The van der Waals surface area contributed by atoms with Crippen molar-refractivity contribution in [1.82, 2.24) is 4.90 Å². The van der Waals surface area contributed by atoms with Crippen molar-refractivity contribution < 1.29 is 17.8 Å². The second-order valence-electron chi connectivity index (χ2n) is 3.70. The van der Waals surface area contributed by atoms with Crippen LogP contribution in [-0.4, -0.2) is 48.5 Å². The molecule has 88 valence electrons. The summed E-state index contributed by atoms with van der Waals surface area (Å²) in [6.07, 6.45) is 0.703. The minimum Gasteiger partial charge on any atom is -0.342 e. The Balaban J connectivity index is 2.31. The standard InChI is InChI=1S/C8H14ClNO4S/c9-5-7-4-8(11)10(6-7)2-1-3-15(12,13)14/h7H,1-6H2,(H,12,13,14). The molecule has 0 bridgehead atoms. The van der Waals surface area contributed by atoms with Crippen LogP contribution in [0.15, 0.2) is 0 Å². The van der Waals surface area contributed by atoms with Gasteiger partial charge in [0.1, 0.15) is 0 Å². The van der Waals surface area contributed by atoms with Gasteiger partial charge in [-0.2, -0.15) is 8.42 Å². The van der Waals surface area contributed by atoms with Crippen LogP contribution in [0.3, 0.4) is 0 Å². The van der Waals surface area contributed by atoms with Gasteiger partial charge < -0.3 is 4.90 Å². The smallest absolute Gasteiger partial charge is 0.264 e. The zero-order valence-corrected chi connectivity index (χ0v) is 9.80. The summed E-state index contributed by atoms with van der Waals surface area (Å²) < 4.78 is 29.4. The van der Waals surface area contributed by atoms with E-state index in [-0.39, 0.29) is 24.0 Å². The first-order valence-corrected chi connectivity index (χ1v) is 6.85. The molecular weight excluding hydrogens is 242 g/mol. The van der Waals surface area contributed by atoms with E-state index in [4.69, 9.17) is 16.2 Å². The Morgan fingerprint density at radius 1 is 1.53 bits per heavy atom. The van der Waals surface area contributed by atoms with Crippen LogP contribution < -0.4 is 0 Å². The Labute approximate surface area is 94.1 Å². The van der Waals surface area contributed by atoms with Gasteiger partial charge in [0.2, 0.25) is 5.91 Å².